The molecule has 5 heteroatoms. The lowest BCUT2D eigenvalue weighted by atomic mass is 10.2. The van der Waals surface area contributed by atoms with Crippen molar-refractivity contribution >= 4 is 22.2 Å². The van der Waals surface area contributed by atoms with E-state index in [-0.39, 0.29) is 6.04 Å². The SMILES string of the molecule is COc1cccc(N(C)c2nc(C)c(C(C)N)s2)c1. The van der Waals surface area contributed by atoms with Crippen LogP contribution in [0.4, 0.5) is 10.8 Å². The summed E-state index contributed by atoms with van der Waals surface area (Å²) in [7, 11) is 3.67. The number of nitrogens with two attached hydrogens (primary N) is 1. The number of ether oxygens (including phenoxy) is 1. The van der Waals surface area contributed by atoms with Crippen LogP contribution in [-0.4, -0.2) is 19.1 Å². The van der Waals surface area contributed by atoms with E-state index >= 15 is 0 Å². The Morgan fingerprint density at radius 1 is 1.42 bits per heavy atom. The molecule has 4 nitrogen and oxygen atoms in total. The molecule has 0 saturated carbocycles. The van der Waals surface area contributed by atoms with E-state index in [0.717, 1.165) is 27.1 Å². The Morgan fingerprint density at radius 3 is 2.74 bits per heavy atom. The summed E-state index contributed by atoms with van der Waals surface area (Å²) in [5.74, 6) is 0.838. The number of aromatic nitrogens is 1. The van der Waals surface area contributed by atoms with E-state index in [0.29, 0.717) is 0 Å². The Balaban J connectivity index is 2.32. The van der Waals surface area contributed by atoms with Crippen LogP contribution in [0.5, 0.6) is 5.75 Å². The standard InChI is InChI=1S/C14H19N3OS/c1-9(15)13-10(2)16-14(19-13)17(3)11-6-5-7-12(8-11)18-4/h5-9H,15H2,1-4H3. The summed E-state index contributed by atoms with van der Waals surface area (Å²) in [5.41, 5.74) is 7.99. The zero-order chi connectivity index (χ0) is 14.0. The van der Waals surface area contributed by atoms with Gasteiger partial charge in [-0.25, -0.2) is 4.98 Å². The van der Waals surface area contributed by atoms with E-state index in [1.807, 2.05) is 50.1 Å². The third kappa shape index (κ3) is 2.88. The summed E-state index contributed by atoms with van der Waals surface area (Å²) in [6.45, 7) is 3.98. The fourth-order valence-corrected chi connectivity index (χ4v) is 2.89. The van der Waals surface area contributed by atoms with Crippen molar-refractivity contribution in [2.75, 3.05) is 19.1 Å². The number of anilines is 2. The molecule has 1 heterocycles. The monoisotopic (exact) mass is 277 g/mol. The molecule has 1 aromatic carbocycles. The van der Waals surface area contributed by atoms with E-state index in [2.05, 4.69) is 4.98 Å². The van der Waals surface area contributed by atoms with Crippen LogP contribution in [-0.2, 0) is 0 Å². The average molecular weight is 277 g/mol. The molecule has 0 fully saturated rings. The van der Waals surface area contributed by atoms with Crippen LogP contribution in [0, 0.1) is 6.92 Å². The van der Waals surface area contributed by atoms with E-state index in [1.54, 1.807) is 18.4 Å². The number of benzene rings is 1. The summed E-state index contributed by atoms with van der Waals surface area (Å²) < 4.78 is 5.24. The van der Waals surface area contributed by atoms with Crippen molar-refractivity contribution in [1.82, 2.24) is 4.98 Å². The zero-order valence-electron chi connectivity index (χ0n) is 11.7. The molecule has 0 bridgehead atoms. The number of rotatable bonds is 4. The molecule has 1 atom stereocenters. The first-order valence-electron chi connectivity index (χ1n) is 6.13. The van der Waals surface area contributed by atoms with Gasteiger partial charge in [0.1, 0.15) is 5.75 Å². The lowest BCUT2D eigenvalue weighted by Gasteiger charge is -2.16. The van der Waals surface area contributed by atoms with Crippen LogP contribution in [0.15, 0.2) is 24.3 Å². The van der Waals surface area contributed by atoms with Gasteiger partial charge in [0, 0.05) is 29.7 Å². The summed E-state index contributed by atoms with van der Waals surface area (Å²) in [6, 6.07) is 7.94. The quantitative estimate of drug-likeness (QED) is 0.932. The van der Waals surface area contributed by atoms with Crippen molar-refractivity contribution in [3.8, 4) is 5.75 Å². The smallest absolute Gasteiger partial charge is 0.190 e. The first kappa shape index (κ1) is 13.8. The molecule has 0 aliphatic carbocycles. The van der Waals surface area contributed by atoms with Gasteiger partial charge in [-0.1, -0.05) is 17.4 Å². The fraction of sp³-hybridized carbons (Fsp3) is 0.357. The van der Waals surface area contributed by atoms with Gasteiger partial charge in [-0.2, -0.15) is 0 Å². The van der Waals surface area contributed by atoms with Gasteiger partial charge in [0.25, 0.3) is 0 Å². The molecule has 0 saturated heterocycles. The highest BCUT2D eigenvalue weighted by atomic mass is 32.1. The van der Waals surface area contributed by atoms with Crippen LogP contribution < -0.4 is 15.4 Å². The fourth-order valence-electron chi connectivity index (χ4n) is 1.89. The minimum absolute atomic E-state index is 0.0185. The Labute approximate surface area is 117 Å². The van der Waals surface area contributed by atoms with Crippen molar-refractivity contribution in [2.45, 2.75) is 19.9 Å². The predicted octanol–water partition coefficient (Wildman–Crippen LogP) is 3.25. The largest absolute Gasteiger partial charge is 0.497 e. The minimum Gasteiger partial charge on any atom is -0.497 e. The first-order valence-corrected chi connectivity index (χ1v) is 6.95. The molecular formula is C14H19N3OS. The number of hydrogen-bond acceptors (Lipinski definition) is 5. The molecule has 2 rings (SSSR count). The maximum Gasteiger partial charge on any atom is 0.190 e. The normalized spacial score (nSPS) is 12.3. The zero-order valence-corrected chi connectivity index (χ0v) is 12.5. The van der Waals surface area contributed by atoms with Gasteiger partial charge < -0.3 is 15.4 Å². The number of aryl methyl sites for hydroxylation is 1. The van der Waals surface area contributed by atoms with Crippen molar-refractivity contribution in [1.29, 1.82) is 0 Å². The van der Waals surface area contributed by atoms with Crippen LogP contribution in [0.3, 0.4) is 0 Å². The molecule has 0 amide bonds. The topological polar surface area (TPSA) is 51.4 Å². The van der Waals surface area contributed by atoms with Gasteiger partial charge in [-0.3, -0.25) is 0 Å². The third-order valence-electron chi connectivity index (χ3n) is 2.96. The van der Waals surface area contributed by atoms with E-state index < -0.39 is 0 Å². The van der Waals surface area contributed by atoms with E-state index in [1.165, 1.54) is 0 Å². The highest BCUT2D eigenvalue weighted by Crippen LogP contribution is 2.33. The Kier molecular flexibility index (Phi) is 4.07. The summed E-state index contributed by atoms with van der Waals surface area (Å²) >= 11 is 1.63. The number of thiazole rings is 1. The van der Waals surface area contributed by atoms with Crippen molar-refractivity contribution in [2.24, 2.45) is 5.73 Å². The average Bonchev–Trinajstić information content (AvgIpc) is 2.80. The Morgan fingerprint density at radius 2 is 2.16 bits per heavy atom. The van der Waals surface area contributed by atoms with Crippen molar-refractivity contribution in [3.05, 3.63) is 34.8 Å². The van der Waals surface area contributed by atoms with Gasteiger partial charge in [-0.05, 0) is 26.0 Å². The highest BCUT2D eigenvalue weighted by molar-refractivity contribution is 7.15. The minimum atomic E-state index is 0.0185. The van der Waals surface area contributed by atoms with Gasteiger partial charge in [-0.15, -0.1) is 0 Å². The number of methoxy groups -OCH3 is 1. The molecule has 2 N–H and O–H groups in total. The maximum atomic E-state index is 5.94. The molecule has 1 unspecified atom stereocenters. The molecule has 1 aromatic heterocycles. The van der Waals surface area contributed by atoms with Gasteiger partial charge in [0.2, 0.25) is 0 Å². The molecule has 2 aromatic rings. The summed E-state index contributed by atoms with van der Waals surface area (Å²) in [6.07, 6.45) is 0. The van der Waals surface area contributed by atoms with Gasteiger partial charge >= 0.3 is 0 Å². The highest BCUT2D eigenvalue weighted by Gasteiger charge is 2.15. The molecule has 19 heavy (non-hydrogen) atoms. The maximum absolute atomic E-state index is 5.94. The predicted molar refractivity (Wildman–Crippen MR) is 80.5 cm³/mol. The van der Waals surface area contributed by atoms with Crippen molar-refractivity contribution < 1.29 is 4.74 Å². The van der Waals surface area contributed by atoms with Gasteiger partial charge in [0.05, 0.1) is 12.8 Å². The first-order chi connectivity index (χ1) is 9.02. The second-order valence-electron chi connectivity index (χ2n) is 4.50. The molecule has 0 aliphatic rings. The second-order valence-corrected chi connectivity index (χ2v) is 5.50. The van der Waals surface area contributed by atoms with Gasteiger partial charge in [0.15, 0.2) is 5.13 Å². The van der Waals surface area contributed by atoms with Crippen LogP contribution >= 0.6 is 11.3 Å². The summed E-state index contributed by atoms with van der Waals surface area (Å²) in [5, 5.41) is 0.943. The number of hydrogen-bond donors (Lipinski definition) is 1. The molecular weight excluding hydrogens is 258 g/mol. The molecule has 0 radical (unpaired) electrons. The van der Waals surface area contributed by atoms with Crippen LogP contribution in [0.25, 0.3) is 0 Å². The van der Waals surface area contributed by atoms with E-state index in [4.69, 9.17) is 10.5 Å². The number of nitrogens with zero attached hydrogens (tertiary/aromatic N) is 2. The molecule has 0 aliphatic heterocycles. The van der Waals surface area contributed by atoms with Crippen LogP contribution in [0.1, 0.15) is 23.5 Å². The Hall–Kier alpha value is -1.59. The lowest BCUT2D eigenvalue weighted by molar-refractivity contribution is 0.415. The van der Waals surface area contributed by atoms with Crippen molar-refractivity contribution in [3.63, 3.8) is 0 Å². The van der Waals surface area contributed by atoms with Crippen LogP contribution in [0.2, 0.25) is 0 Å². The Bertz CT molecular complexity index is 566. The lowest BCUT2D eigenvalue weighted by Crippen LogP contribution is -2.08. The third-order valence-corrected chi connectivity index (χ3v) is 4.40. The van der Waals surface area contributed by atoms with E-state index in [9.17, 15) is 0 Å². The summed E-state index contributed by atoms with van der Waals surface area (Å²) in [4.78, 5) is 7.76. The molecule has 0 spiro atoms. The molecule has 102 valence electrons. The second kappa shape index (κ2) is 5.59.